The molecule has 136 valence electrons. The SMILES string of the molecule is Cc1ccc(CNC(=O)[C@@H]2CCCN(c3nnc4cccc(C)n34)C2)o1. The quantitative estimate of drug-likeness (QED) is 0.780. The number of hydrogen-bond acceptors (Lipinski definition) is 5. The van der Waals surface area contributed by atoms with E-state index < -0.39 is 0 Å². The maximum atomic E-state index is 12.6. The molecule has 1 atom stereocenters. The van der Waals surface area contributed by atoms with Crippen LogP contribution >= 0.6 is 0 Å². The van der Waals surface area contributed by atoms with Crippen LogP contribution in [0.1, 0.15) is 30.1 Å². The van der Waals surface area contributed by atoms with E-state index in [-0.39, 0.29) is 11.8 Å². The number of rotatable bonds is 4. The molecule has 1 aliphatic rings. The number of hydrogen-bond donors (Lipinski definition) is 1. The van der Waals surface area contributed by atoms with Crippen LogP contribution in [0.15, 0.2) is 34.7 Å². The number of nitrogens with one attached hydrogen (secondary N) is 1. The number of aryl methyl sites for hydroxylation is 2. The van der Waals surface area contributed by atoms with Crippen LogP contribution in [0.25, 0.3) is 5.65 Å². The molecular weight excluding hydrogens is 330 g/mol. The zero-order valence-electron chi connectivity index (χ0n) is 15.1. The topological polar surface area (TPSA) is 75.7 Å². The van der Waals surface area contributed by atoms with Crippen LogP contribution in [0, 0.1) is 19.8 Å². The van der Waals surface area contributed by atoms with Crippen molar-refractivity contribution in [1.29, 1.82) is 0 Å². The van der Waals surface area contributed by atoms with Gasteiger partial charge in [0.15, 0.2) is 5.65 Å². The minimum absolute atomic E-state index is 0.0591. The zero-order valence-corrected chi connectivity index (χ0v) is 15.1. The lowest BCUT2D eigenvalue weighted by atomic mass is 9.97. The summed E-state index contributed by atoms with van der Waals surface area (Å²) in [5.74, 6) is 2.46. The summed E-state index contributed by atoms with van der Waals surface area (Å²) in [6.45, 7) is 5.90. The Morgan fingerprint density at radius 2 is 2.15 bits per heavy atom. The van der Waals surface area contributed by atoms with Crippen LogP contribution in [0.4, 0.5) is 5.95 Å². The molecule has 1 N–H and O–H groups in total. The number of carbonyl (C=O) groups is 1. The fraction of sp³-hybridized carbons (Fsp3) is 0.421. The fourth-order valence-corrected chi connectivity index (χ4v) is 3.56. The third-order valence-corrected chi connectivity index (χ3v) is 4.91. The largest absolute Gasteiger partial charge is 0.465 e. The second-order valence-electron chi connectivity index (χ2n) is 6.88. The second kappa shape index (κ2) is 6.82. The van der Waals surface area contributed by atoms with Crippen molar-refractivity contribution in [2.24, 2.45) is 5.92 Å². The van der Waals surface area contributed by atoms with E-state index in [1.165, 1.54) is 0 Å². The normalized spacial score (nSPS) is 17.6. The van der Waals surface area contributed by atoms with Gasteiger partial charge in [0.05, 0.1) is 12.5 Å². The van der Waals surface area contributed by atoms with Crippen molar-refractivity contribution in [3.63, 3.8) is 0 Å². The van der Waals surface area contributed by atoms with Gasteiger partial charge < -0.3 is 14.6 Å². The van der Waals surface area contributed by atoms with Gasteiger partial charge in [0.25, 0.3) is 0 Å². The lowest BCUT2D eigenvalue weighted by Gasteiger charge is -2.32. The van der Waals surface area contributed by atoms with E-state index >= 15 is 0 Å². The van der Waals surface area contributed by atoms with Crippen LogP contribution in [-0.2, 0) is 11.3 Å². The summed E-state index contributed by atoms with van der Waals surface area (Å²) in [6.07, 6.45) is 1.84. The van der Waals surface area contributed by atoms with Crippen molar-refractivity contribution >= 4 is 17.5 Å². The lowest BCUT2D eigenvalue weighted by Crippen LogP contribution is -2.43. The van der Waals surface area contributed by atoms with E-state index in [0.29, 0.717) is 13.1 Å². The lowest BCUT2D eigenvalue weighted by molar-refractivity contribution is -0.125. The molecule has 0 unspecified atom stereocenters. The predicted octanol–water partition coefficient (Wildman–Crippen LogP) is 2.47. The Hall–Kier alpha value is -2.83. The third-order valence-electron chi connectivity index (χ3n) is 4.91. The summed E-state index contributed by atoms with van der Waals surface area (Å²) in [7, 11) is 0. The van der Waals surface area contributed by atoms with Gasteiger partial charge in [-0.3, -0.25) is 9.20 Å². The van der Waals surface area contributed by atoms with Gasteiger partial charge >= 0.3 is 0 Å². The summed E-state index contributed by atoms with van der Waals surface area (Å²) < 4.78 is 7.56. The number of aromatic nitrogens is 3. The molecule has 1 amide bonds. The number of nitrogens with zero attached hydrogens (tertiary/aromatic N) is 4. The first-order valence-electron chi connectivity index (χ1n) is 9.00. The minimum atomic E-state index is -0.0591. The first-order valence-corrected chi connectivity index (χ1v) is 9.00. The molecule has 1 saturated heterocycles. The maximum Gasteiger partial charge on any atom is 0.231 e. The first kappa shape index (κ1) is 16.6. The first-order chi connectivity index (χ1) is 12.6. The summed E-state index contributed by atoms with van der Waals surface area (Å²) >= 11 is 0. The molecule has 3 aromatic rings. The summed E-state index contributed by atoms with van der Waals surface area (Å²) in [6, 6.07) is 9.77. The highest BCUT2D eigenvalue weighted by molar-refractivity contribution is 5.79. The van der Waals surface area contributed by atoms with Crippen LogP contribution in [0.5, 0.6) is 0 Å². The average Bonchev–Trinajstić information content (AvgIpc) is 3.27. The van der Waals surface area contributed by atoms with Crippen molar-refractivity contribution < 1.29 is 9.21 Å². The van der Waals surface area contributed by atoms with Gasteiger partial charge in [-0.25, -0.2) is 0 Å². The molecule has 26 heavy (non-hydrogen) atoms. The Morgan fingerprint density at radius 1 is 1.27 bits per heavy atom. The van der Waals surface area contributed by atoms with Crippen LogP contribution < -0.4 is 10.2 Å². The van der Waals surface area contributed by atoms with E-state index in [1.54, 1.807) is 0 Å². The zero-order chi connectivity index (χ0) is 18.1. The summed E-state index contributed by atoms with van der Waals surface area (Å²) in [5.41, 5.74) is 1.92. The minimum Gasteiger partial charge on any atom is -0.465 e. The van der Waals surface area contributed by atoms with E-state index in [0.717, 1.165) is 48.2 Å². The van der Waals surface area contributed by atoms with Crippen molar-refractivity contribution in [2.45, 2.75) is 33.2 Å². The Kier molecular flexibility index (Phi) is 4.36. The number of furan rings is 1. The molecule has 7 heteroatoms. The fourth-order valence-electron chi connectivity index (χ4n) is 3.56. The molecule has 0 aliphatic carbocycles. The van der Waals surface area contributed by atoms with Gasteiger partial charge in [-0.1, -0.05) is 6.07 Å². The summed E-state index contributed by atoms with van der Waals surface area (Å²) in [5, 5.41) is 11.6. The second-order valence-corrected chi connectivity index (χ2v) is 6.88. The van der Waals surface area contributed by atoms with Crippen LogP contribution in [0.2, 0.25) is 0 Å². The van der Waals surface area contributed by atoms with Gasteiger partial charge in [-0.2, -0.15) is 0 Å². The number of carbonyl (C=O) groups excluding carboxylic acids is 1. The highest BCUT2D eigenvalue weighted by Crippen LogP contribution is 2.23. The van der Waals surface area contributed by atoms with Gasteiger partial charge in [-0.15, -0.1) is 10.2 Å². The molecule has 1 aliphatic heterocycles. The average molecular weight is 353 g/mol. The molecule has 0 spiro atoms. The van der Waals surface area contributed by atoms with Crippen LogP contribution in [0.3, 0.4) is 0 Å². The Labute approximate surface area is 152 Å². The molecule has 4 rings (SSSR count). The molecular formula is C19H23N5O2. The molecule has 0 radical (unpaired) electrons. The molecule has 0 aromatic carbocycles. The van der Waals surface area contributed by atoms with Gasteiger partial charge in [-0.05, 0) is 51.0 Å². The molecule has 0 saturated carbocycles. The van der Waals surface area contributed by atoms with E-state index in [9.17, 15) is 4.79 Å². The van der Waals surface area contributed by atoms with E-state index in [1.807, 2.05) is 48.6 Å². The van der Waals surface area contributed by atoms with Crippen LogP contribution in [-0.4, -0.2) is 33.6 Å². The number of piperidine rings is 1. The number of anilines is 1. The van der Waals surface area contributed by atoms with Gasteiger partial charge in [0, 0.05) is 18.8 Å². The van der Waals surface area contributed by atoms with Crippen molar-refractivity contribution in [1.82, 2.24) is 19.9 Å². The predicted molar refractivity (Wildman–Crippen MR) is 98.0 cm³/mol. The molecule has 0 bridgehead atoms. The number of pyridine rings is 1. The molecule has 1 fully saturated rings. The van der Waals surface area contributed by atoms with E-state index in [2.05, 4.69) is 20.4 Å². The Morgan fingerprint density at radius 3 is 2.96 bits per heavy atom. The van der Waals surface area contributed by atoms with Gasteiger partial charge in [0.2, 0.25) is 11.9 Å². The highest BCUT2D eigenvalue weighted by Gasteiger charge is 2.28. The standard InChI is InChI=1S/C19H23N5O2/c1-13-5-3-7-17-21-22-19(24(13)17)23-10-4-6-15(12-23)18(25)20-11-16-9-8-14(2)26-16/h3,5,7-9,15H,4,6,10-12H2,1-2H3,(H,20,25)/t15-/m1/s1. The highest BCUT2D eigenvalue weighted by atomic mass is 16.3. The smallest absolute Gasteiger partial charge is 0.231 e. The summed E-state index contributed by atoms with van der Waals surface area (Å²) in [4.78, 5) is 14.8. The third kappa shape index (κ3) is 3.16. The van der Waals surface area contributed by atoms with Gasteiger partial charge in [0.1, 0.15) is 11.5 Å². The van der Waals surface area contributed by atoms with E-state index in [4.69, 9.17) is 4.42 Å². The number of fused-ring (bicyclic) bond motifs is 1. The monoisotopic (exact) mass is 353 g/mol. The molecule has 3 aromatic heterocycles. The van der Waals surface area contributed by atoms with Crippen molar-refractivity contribution in [3.05, 3.63) is 47.5 Å². The molecule has 7 nitrogen and oxygen atoms in total. The van der Waals surface area contributed by atoms with Crippen molar-refractivity contribution in [2.75, 3.05) is 18.0 Å². The van der Waals surface area contributed by atoms with Crippen molar-refractivity contribution in [3.8, 4) is 0 Å². The number of amides is 1. The maximum absolute atomic E-state index is 12.6. The Bertz CT molecular complexity index is 929. The Balaban J connectivity index is 1.46. The molecule has 4 heterocycles.